The Morgan fingerprint density at radius 3 is 2.73 bits per heavy atom. The average Bonchev–Trinajstić information content (AvgIpc) is 3.22. The van der Waals surface area contributed by atoms with Crippen molar-refractivity contribution in [2.45, 2.75) is 24.8 Å². The number of aromatic amines is 1. The lowest BCUT2D eigenvalue weighted by Gasteiger charge is -2.10. The van der Waals surface area contributed by atoms with E-state index in [0.29, 0.717) is 11.0 Å². The number of nitrogens with zero attached hydrogens (tertiary/aromatic N) is 3. The predicted molar refractivity (Wildman–Crippen MR) is 105 cm³/mol. The van der Waals surface area contributed by atoms with E-state index in [1.54, 1.807) is 17.5 Å². The summed E-state index contributed by atoms with van der Waals surface area (Å²) in [5, 5.41) is 7.64. The van der Waals surface area contributed by atoms with E-state index >= 15 is 0 Å². The molecular formula is C18H17N5OS2. The fourth-order valence-electron chi connectivity index (χ4n) is 2.46. The zero-order valence-electron chi connectivity index (χ0n) is 14.3. The number of rotatable bonds is 5. The quantitative estimate of drug-likeness (QED) is 0.542. The minimum atomic E-state index is -1.32. The second-order valence-corrected chi connectivity index (χ2v) is 8.12. The van der Waals surface area contributed by atoms with Crippen LogP contribution in [0.5, 0.6) is 0 Å². The number of aromatic nitrogens is 4. The molecule has 1 unspecified atom stereocenters. The summed E-state index contributed by atoms with van der Waals surface area (Å²) in [6, 6.07) is 8.09. The van der Waals surface area contributed by atoms with Gasteiger partial charge in [-0.25, -0.2) is 15.0 Å². The molecule has 0 aliphatic rings. The zero-order chi connectivity index (χ0) is 18.1. The standard InChI is InChI=1S/C18H17N5OS2/c1-11-3-5-13(6-4-11)20-17-12(2)7-19-16(23-17)10-26(24)18-21-14-8-25-9-15(14)22-18/h3-9H,10H2,1-2H3,(H,21,22)(H,19,20,23). The summed E-state index contributed by atoms with van der Waals surface area (Å²) in [5.74, 6) is 1.45. The fourth-order valence-corrected chi connectivity index (χ4v) is 4.09. The minimum Gasteiger partial charge on any atom is -0.340 e. The Hall–Kier alpha value is -2.58. The Morgan fingerprint density at radius 2 is 1.96 bits per heavy atom. The van der Waals surface area contributed by atoms with Gasteiger partial charge in [-0.3, -0.25) is 4.21 Å². The van der Waals surface area contributed by atoms with Crippen molar-refractivity contribution in [1.82, 2.24) is 19.9 Å². The van der Waals surface area contributed by atoms with Gasteiger partial charge in [0.15, 0.2) is 5.16 Å². The van der Waals surface area contributed by atoms with Gasteiger partial charge in [0.05, 0.1) is 22.1 Å². The second kappa shape index (κ2) is 6.97. The van der Waals surface area contributed by atoms with Crippen LogP contribution in [0.25, 0.3) is 11.0 Å². The van der Waals surface area contributed by atoms with E-state index in [0.717, 1.165) is 28.1 Å². The highest BCUT2D eigenvalue weighted by molar-refractivity contribution is 7.84. The van der Waals surface area contributed by atoms with E-state index in [4.69, 9.17) is 0 Å². The SMILES string of the molecule is Cc1ccc(Nc2nc(CS(=O)c3nc4cscc4[nH]3)ncc2C)cc1. The van der Waals surface area contributed by atoms with Crippen molar-refractivity contribution in [1.29, 1.82) is 0 Å². The molecule has 26 heavy (non-hydrogen) atoms. The maximum Gasteiger partial charge on any atom is 0.197 e. The van der Waals surface area contributed by atoms with Crippen LogP contribution in [0.15, 0.2) is 46.4 Å². The number of anilines is 2. The summed E-state index contributed by atoms with van der Waals surface area (Å²) in [6.45, 7) is 3.99. The van der Waals surface area contributed by atoms with E-state index in [2.05, 4.69) is 25.3 Å². The number of H-pyrrole nitrogens is 1. The van der Waals surface area contributed by atoms with Crippen LogP contribution in [0.3, 0.4) is 0 Å². The lowest BCUT2D eigenvalue weighted by atomic mass is 10.2. The molecule has 0 saturated carbocycles. The average molecular weight is 384 g/mol. The van der Waals surface area contributed by atoms with Gasteiger partial charge in [-0.2, -0.15) is 0 Å². The lowest BCUT2D eigenvalue weighted by Crippen LogP contribution is -2.06. The molecule has 132 valence electrons. The molecule has 0 radical (unpaired) electrons. The molecule has 0 bridgehead atoms. The molecule has 0 aliphatic heterocycles. The second-order valence-electron chi connectivity index (χ2n) is 6.01. The number of hydrogen-bond acceptors (Lipinski definition) is 6. The zero-order valence-corrected chi connectivity index (χ0v) is 15.9. The van der Waals surface area contributed by atoms with E-state index in [9.17, 15) is 4.21 Å². The van der Waals surface area contributed by atoms with Crippen molar-refractivity contribution in [3.63, 3.8) is 0 Å². The van der Waals surface area contributed by atoms with Crippen molar-refractivity contribution >= 4 is 44.7 Å². The first-order valence-corrected chi connectivity index (χ1v) is 10.3. The van der Waals surface area contributed by atoms with Gasteiger partial charge in [0.25, 0.3) is 0 Å². The number of thiophene rings is 1. The largest absolute Gasteiger partial charge is 0.340 e. The van der Waals surface area contributed by atoms with Crippen molar-refractivity contribution in [2.75, 3.05) is 5.32 Å². The van der Waals surface area contributed by atoms with Gasteiger partial charge >= 0.3 is 0 Å². The van der Waals surface area contributed by atoms with Crippen molar-refractivity contribution in [2.24, 2.45) is 0 Å². The van der Waals surface area contributed by atoms with E-state index in [-0.39, 0.29) is 5.75 Å². The van der Waals surface area contributed by atoms with Crippen LogP contribution in [0.4, 0.5) is 11.5 Å². The molecule has 4 rings (SSSR count). The fraction of sp³-hybridized carbons (Fsp3) is 0.167. The van der Waals surface area contributed by atoms with Crippen LogP contribution >= 0.6 is 11.3 Å². The number of imidazole rings is 1. The highest BCUT2D eigenvalue weighted by Gasteiger charge is 2.14. The van der Waals surface area contributed by atoms with E-state index in [1.165, 1.54) is 5.56 Å². The molecule has 2 N–H and O–H groups in total. The highest BCUT2D eigenvalue weighted by Crippen LogP contribution is 2.21. The van der Waals surface area contributed by atoms with E-state index in [1.807, 2.05) is 48.9 Å². The van der Waals surface area contributed by atoms with Gasteiger partial charge in [0.1, 0.15) is 17.2 Å². The molecule has 6 nitrogen and oxygen atoms in total. The Morgan fingerprint density at radius 1 is 1.15 bits per heavy atom. The number of hydrogen-bond donors (Lipinski definition) is 2. The predicted octanol–water partition coefficient (Wildman–Crippen LogP) is 4.08. The molecule has 0 aliphatic carbocycles. The van der Waals surface area contributed by atoms with Gasteiger partial charge in [-0.1, -0.05) is 17.7 Å². The van der Waals surface area contributed by atoms with Gasteiger partial charge in [-0.05, 0) is 26.0 Å². The smallest absolute Gasteiger partial charge is 0.197 e. The van der Waals surface area contributed by atoms with Crippen LogP contribution in [-0.4, -0.2) is 24.1 Å². The molecule has 0 saturated heterocycles. The summed E-state index contributed by atoms with van der Waals surface area (Å²) in [6.07, 6.45) is 1.75. The third-order valence-corrected chi connectivity index (χ3v) is 5.79. The van der Waals surface area contributed by atoms with Crippen LogP contribution in [0.1, 0.15) is 17.0 Å². The normalized spacial score (nSPS) is 12.4. The molecule has 3 heterocycles. The first-order chi connectivity index (χ1) is 12.6. The molecule has 0 amide bonds. The van der Waals surface area contributed by atoms with Gasteiger partial charge in [0, 0.05) is 28.2 Å². The summed E-state index contributed by atoms with van der Waals surface area (Å²) >= 11 is 1.56. The topological polar surface area (TPSA) is 83.6 Å². The van der Waals surface area contributed by atoms with Crippen LogP contribution < -0.4 is 5.32 Å². The van der Waals surface area contributed by atoms with Crippen LogP contribution in [0, 0.1) is 13.8 Å². The molecule has 3 aromatic heterocycles. The molecule has 1 aromatic carbocycles. The Balaban J connectivity index is 1.54. The summed E-state index contributed by atoms with van der Waals surface area (Å²) in [5.41, 5.74) is 4.83. The number of nitrogens with one attached hydrogen (secondary N) is 2. The third kappa shape index (κ3) is 3.51. The first-order valence-electron chi connectivity index (χ1n) is 8.05. The number of fused-ring (bicyclic) bond motifs is 1. The van der Waals surface area contributed by atoms with E-state index < -0.39 is 10.8 Å². The number of aryl methyl sites for hydroxylation is 2. The maximum atomic E-state index is 12.6. The Labute approximate surface area is 157 Å². The molecule has 1 atom stereocenters. The van der Waals surface area contributed by atoms with Crippen molar-refractivity contribution in [3.8, 4) is 0 Å². The van der Waals surface area contributed by atoms with Crippen molar-refractivity contribution < 1.29 is 4.21 Å². The summed E-state index contributed by atoms with van der Waals surface area (Å²) < 4.78 is 12.6. The monoisotopic (exact) mass is 383 g/mol. The summed E-state index contributed by atoms with van der Waals surface area (Å²) in [7, 11) is -1.32. The first kappa shape index (κ1) is 16.9. The van der Waals surface area contributed by atoms with Crippen LogP contribution in [-0.2, 0) is 16.6 Å². The Bertz CT molecular complexity index is 1060. The molecular weight excluding hydrogens is 366 g/mol. The highest BCUT2D eigenvalue weighted by atomic mass is 32.2. The van der Waals surface area contributed by atoms with Crippen LogP contribution in [0.2, 0.25) is 0 Å². The van der Waals surface area contributed by atoms with Gasteiger partial charge in [0.2, 0.25) is 0 Å². The third-order valence-electron chi connectivity index (χ3n) is 3.92. The molecule has 4 aromatic rings. The van der Waals surface area contributed by atoms with Gasteiger partial charge in [-0.15, -0.1) is 11.3 Å². The number of benzene rings is 1. The maximum absolute atomic E-state index is 12.6. The molecule has 8 heteroatoms. The van der Waals surface area contributed by atoms with Gasteiger partial charge < -0.3 is 10.3 Å². The Kier molecular flexibility index (Phi) is 4.52. The molecule has 0 spiro atoms. The van der Waals surface area contributed by atoms with Crippen molar-refractivity contribution in [3.05, 3.63) is 58.2 Å². The molecule has 0 fully saturated rings. The summed E-state index contributed by atoms with van der Waals surface area (Å²) in [4.78, 5) is 16.3. The minimum absolute atomic E-state index is 0.211. The lowest BCUT2D eigenvalue weighted by molar-refractivity contribution is 0.676.